The van der Waals surface area contributed by atoms with Gasteiger partial charge in [0.15, 0.2) is 15.0 Å². The molecule has 2 heterocycles. The number of fused-ring (bicyclic) bond motifs is 1. The molecule has 3 fully saturated rings. The van der Waals surface area contributed by atoms with E-state index in [2.05, 4.69) is 31.0 Å². The Morgan fingerprint density at radius 2 is 1.88 bits per heavy atom. The molecule has 1 aromatic carbocycles. The molecule has 134 valence electrons. The fourth-order valence-electron chi connectivity index (χ4n) is 3.40. The molecule has 1 aromatic rings. The number of carbonyl (C=O) groups excluding carboxylic acids is 1. The smallest absolute Gasteiger partial charge is 0.251 e. The molecule has 2 saturated heterocycles. The van der Waals surface area contributed by atoms with Gasteiger partial charge in [0.25, 0.3) is 5.91 Å². The largest absolute Gasteiger partial charge is 0.316 e. The summed E-state index contributed by atoms with van der Waals surface area (Å²) in [6.07, 6.45) is 1.84. The molecule has 0 bridgehead atoms. The van der Waals surface area contributed by atoms with Gasteiger partial charge in [-0.25, -0.2) is 8.42 Å². The number of hydrogen-bond acceptors (Lipinski definition) is 4. The molecule has 2 aliphatic heterocycles. The average Bonchev–Trinajstić information content (AvgIpc) is 3.28. The normalized spacial score (nSPS) is 29.4. The predicted octanol–water partition coefficient (Wildman–Crippen LogP) is 2.82. The molecule has 1 saturated carbocycles. The lowest BCUT2D eigenvalue weighted by molar-refractivity contribution is -0.118. The van der Waals surface area contributed by atoms with Crippen LogP contribution in [0.3, 0.4) is 0 Å². The Labute approximate surface area is 152 Å². The van der Waals surface area contributed by atoms with Crippen molar-refractivity contribution in [1.29, 1.82) is 0 Å². The minimum Gasteiger partial charge on any atom is -0.316 e. The van der Waals surface area contributed by atoms with Crippen LogP contribution in [0.25, 0.3) is 0 Å². The zero-order chi connectivity index (χ0) is 17.8. The summed E-state index contributed by atoms with van der Waals surface area (Å²) in [5, 5.41) is 0.625. The van der Waals surface area contributed by atoms with Crippen molar-refractivity contribution >= 4 is 38.4 Å². The van der Waals surface area contributed by atoms with Gasteiger partial charge in [-0.3, -0.25) is 4.79 Å². The highest BCUT2D eigenvalue weighted by molar-refractivity contribution is 8.16. The Morgan fingerprint density at radius 3 is 2.48 bits per heavy atom. The van der Waals surface area contributed by atoms with Crippen molar-refractivity contribution < 1.29 is 13.2 Å². The molecule has 0 radical (unpaired) electrons. The van der Waals surface area contributed by atoms with E-state index in [4.69, 9.17) is 0 Å². The zero-order valence-electron chi connectivity index (χ0n) is 14.4. The highest BCUT2D eigenvalue weighted by atomic mass is 32.2. The van der Waals surface area contributed by atoms with E-state index in [1.165, 1.54) is 17.3 Å². The minimum absolute atomic E-state index is 0.0412. The third-order valence-electron chi connectivity index (χ3n) is 5.04. The van der Waals surface area contributed by atoms with Crippen LogP contribution < -0.4 is 4.90 Å². The van der Waals surface area contributed by atoms with E-state index in [1.54, 1.807) is 0 Å². The number of sulfone groups is 1. The van der Waals surface area contributed by atoms with Crippen LogP contribution in [0.1, 0.15) is 38.2 Å². The number of nitrogens with zero attached hydrogens (tertiary/aromatic N) is 2. The van der Waals surface area contributed by atoms with E-state index >= 15 is 0 Å². The number of hydrogen-bond donors (Lipinski definition) is 0. The zero-order valence-corrected chi connectivity index (χ0v) is 16.0. The highest BCUT2D eigenvalue weighted by Crippen LogP contribution is 2.42. The summed E-state index contributed by atoms with van der Waals surface area (Å²) in [5.74, 6) is 0.745. The van der Waals surface area contributed by atoms with Crippen LogP contribution in [0.5, 0.6) is 0 Å². The maximum atomic E-state index is 12.2. The molecule has 7 heteroatoms. The van der Waals surface area contributed by atoms with Gasteiger partial charge in [-0.15, -0.1) is 0 Å². The average molecular weight is 379 g/mol. The van der Waals surface area contributed by atoms with Crippen molar-refractivity contribution in [3.05, 3.63) is 29.8 Å². The number of amides is 1. The summed E-state index contributed by atoms with van der Waals surface area (Å²) in [7, 11) is -3.03. The van der Waals surface area contributed by atoms with Gasteiger partial charge in [-0.2, -0.15) is 4.99 Å². The quantitative estimate of drug-likeness (QED) is 0.809. The Hall–Kier alpha value is -1.34. The van der Waals surface area contributed by atoms with Crippen LogP contribution in [-0.4, -0.2) is 42.3 Å². The van der Waals surface area contributed by atoms with Crippen LogP contribution in [0.2, 0.25) is 0 Å². The Bertz CT molecular complexity index is 826. The molecule has 0 N–H and O–H groups in total. The third-order valence-corrected chi connectivity index (χ3v) is 8.25. The molecule has 3 aliphatic rings. The van der Waals surface area contributed by atoms with E-state index in [0.717, 1.165) is 18.5 Å². The third kappa shape index (κ3) is 3.36. The molecular weight excluding hydrogens is 356 g/mol. The number of carbonyl (C=O) groups is 1. The fraction of sp³-hybridized carbons (Fsp3) is 0.556. The maximum Gasteiger partial charge on any atom is 0.251 e. The van der Waals surface area contributed by atoms with Gasteiger partial charge in [0.05, 0.1) is 17.5 Å². The van der Waals surface area contributed by atoms with Crippen LogP contribution >= 0.6 is 11.8 Å². The maximum absolute atomic E-state index is 12.2. The van der Waals surface area contributed by atoms with Crippen LogP contribution in [0.4, 0.5) is 5.69 Å². The number of amidine groups is 1. The van der Waals surface area contributed by atoms with Crippen molar-refractivity contribution in [2.24, 2.45) is 10.9 Å². The first kappa shape index (κ1) is 17.1. The molecule has 0 spiro atoms. The summed E-state index contributed by atoms with van der Waals surface area (Å²) in [4.78, 5) is 18.5. The van der Waals surface area contributed by atoms with E-state index in [1.807, 2.05) is 17.0 Å². The SMILES string of the molecule is CC(C)c1ccc(N2C(=NC(=O)C3CC3)S[C@H]3CS(=O)(=O)C[C@H]32)cc1. The van der Waals surface area contributed by atoms with Crippen LogP contribution in [-0.2, 0) is 14.6 Å². The van der Waals surface area contributed by atoms with Crippen LogP contribution in [0, 0.1) is 5.92 Å². The lowest BCUT2D eigenvalue weighted by atomic mass is 10.0. The number of thioether (sulfide) groups is 1. The van der Waals surface area contributed by atoms with Gasteiger partial charge >= 0.3 is 0 Å². The molecule has 5 nitrogen and oxygen atoms in total. The molecule has 4 rings (SSSR count). The standard InChI is InChI=1S/C18H22N2O3S2/c1-11(2)12-5-7-14(8-6-12)20-15-9-25(22,23)10-16(15)24-18(20)19-17(21)13-3-4-13/h5-8,11,13,15-16H,3-4,9-10H2,1-2H3/t15-,16+/m1/s1. The van der Waals surface area contributed by atoms with Crippen molar-refractivity contribution in [2.45, 2.75) is 43.9 Å². The number of benzene rings is 1. The second-order valence-electron chi connectivity index (χ2n) is 7.42. The van der Waals surface area contributed by atoms with Gasteiger partial charge in [0, 0.05) is 16.9 Å². The van der Waals surface area contributed by atoms with Gasteiger partial charge in [0.1, 0.15) is 0 Å². The van der Waals surface area contributed by atoms with E-state index in [-0.39, 0.29) is 34.6 Å². The monoisotopic (exact) mass is 378 g/mol. The lowest BCUT2D eigenvalue weighted by Crippen LogP contribution is -2.37. The lowest BCUT2D eigenvalue weighted by Gasteiger charge is -2.25. The molecule has 2 atom stereocenters. The first-order valence-corrected chi connectivity index (χ1v) is 11.4. The van der Waals surface area contributed by atoms with Gasteiger partial charge in [-0.05, 0) is 36.5 Å². The predicted molar refractivity (Wildman–Crippen MR) is 102 cm³/mol. The van der Waals surface area contributed by atoms with E-state index in [0.29, 0.717) is 11.1 Å². The van der Waals surface area contributed by atoms with E-state index in [9.17, 15) is 13.2 Å². The summed E-state index contributed by atoms with van der Waals surface area (Å²) < 4.78 is 24.1. The van der Waals surface area contributed by atoms with Crippen LogP contribution in [0.15, 0.2) is 29.3 Å². The molecule has 0 unspecified atom stereocenters. The van der Waals surface area contributed by atoms with Crippen molar-refractivity contribution in [2.75, 3.05) is 16.4 Å². The Balaban J connectivity index is 1.69. The fourth-order valence-corrected chi connectivity index (χ4v) is 7.32. The molecule has 1 amide bonds. The van der Waals surface area contributed by atoms with Gasteiger partial charge < -0.3 is 4.90 Å². The molecular formula is C18H22N2O3S2. The van der Waals surface area contributed by atoms with E-state index < -0.39 is 9.84 Å². The number of rotatable bonds is 3. The number of anilines is 1. The molecule has 25 heavy (non-hydrogen) atoms. The molecule has 0 aromatic heterocycles. The Kier molecular flexibility index (Phi) is 4.19. The first-order valence-electron chi connectivity index (χ1n) is 8.73. The topological polar surface area (TPSA) is 66.8 Å². The highest BCUT2D eigenvalue weighted by Gasteiger charge is 2.49. The molecule has 1 aliphatic carbocycles. The second-order valence-corrected chi connectivity index (χ2v) is 10.8. The first-order chi connectivity index (χ1) is 11.8. The summed E-state index contributed by atoms with van der Waals surface area (Å²) in [6.45, 7) is 4.28. The number of aliphatic imine (C=N–C) groups is 1. The Morgan fingerprint density at radius 1 is 1.20 bits per heavy atom. The van der Waals surface area contributed by atoms with Gasteiger partial charge in [0.2, 0.25) is 0 Å². The summed E-state index contributed by atoms with van der Waals surface area (Å²) in [6, 6.07) is 8.04. The van der Waals surface area contributed by atoms with Crippen molar-refractivity contribution in [3.8, 4) is 0 Å². The van der Waals surface area contributed by atoms with Crippen molar-refractivity contribution in [1.82, 2.24) is 0 Å². The van der Waals surface area contributed by atoms with Gasteiger partial charge in [-0.1, -0.05) is 37.7 Å². The minimum atomic E-state index is -3.03. The second kappa shape index (κ2) is 6.13. The summed E-state index contributed by atoms with van der Waals surface area (Å²) >= 11 is 1.45. The van der Waals surface area contributed by atoms with Crippen molar-refractivity contribution in [3.63, 3.8) is 0 Å². The summed E-state index contributed by atoms with van der Waals surface area (Å²) in [5.41, 5.74) is 2.16.